The summed E-state index contributed by atoms with van der Waals surface area (Å²) in [6.45, 7) is 7.48. The van der Waals surface area contributed by atoms with Crippen molar-refractivity contribution >= 4 is 40.8 Å². The molecule has 34 heavy (non-hydrogen) atoms. The molecule has 2 saturated heterocycles. The Bertz CT molecular complexity index is 1190. The highest BCUT2D eigenvalue weighted by atomic mass is 35.5. The van der Waals surface area contributed by atoms with Gasteiger partial charge in [0.25, 0.3) is 0 Å². The molecule has 1 aromatic carbocycles. The first-order valence-corrected chi connectivity index (χ1v) is 12.3. The van der Waals surface area contributed by atoms with Crippen LogP contribution >= 0.6 is 23.2 Å². The van der Waals surface area contributed by atoms with E-state index >= 15 is 0 Å². The lowest BCUT2D eigenvalue weighted by molar-refractivity contribution is 0.541. The molecule has 178 valence electrons. The van der Waals surface area contributed by atoms with Gasteiger partial charge in [-0.2, -0.15) is 4.98 Å². The van der Waals surface area contributed by atoms with Gasteiger partial charge in [0, 0.05) is 62.3 Å². The van der Waals surface area contributed by atoms with E-state index in [-0.39, 0.29) is 11.1 Å². The van der Waals surface area contributed by atoms with Crippen molar-refractivity contribution in [3.8, 4) is 11.3 Å². The van der Waals surface area contributed by atoms with E-state index in [9.17, 15) is 4.39 Å². The molecule has 0 spiro atoms. The summed E-state index contributed by atoms with van der Waals surface area (Å²) < 4.78 is 13.8. The molecule has 4 heterocycles. The van der Waals surface area contributed by atoms with Gasteiger partial charge >= 0.3 is 0 Å². The van der Waals surface area contributed by atoms with E-state index in [0.717, 1.165) is 56.1 Å². The lowest BCUT2D eigenvalue weighted by Gasteiger charge is -2.41. The lowest BCUT2D eigenvalue weighted by atomic mass is 10.1. The van der Waals surface area contributed by atoms with Crippen LogP contribution in [0.4, 0.5) is 22.0 Å². The fraction of sp³-hybridized carbons (Fsp3) is 0.417. The summed E-state index contributed by atoms with van der Waals surface area (Å²) in [5.74, 6) is 1.80. The van der Waals surface area contributed by atoms with Gasteiger partial charge in [0.05, 0.1) is 10.7 Å². The first-order chi connectivity index (χ1) is 16.4. The second-order valence-electron chi connectivity index (χ2n) is 8.88. The van der Waals surface area contributed by atoms with Crippen LogP contribution in [0.1, 0.15) is 26.7 Å². The molecule has 3 aromatic rings. The average Bonchev–Trinajstić information content (AvgIpc) is 3.26. The van der Waals surface area contributed by atoms with Gasteiger partial charge in [0.15, 0.2) is 11.0 Å². The van der Waals surface area contributed by atoms with Gasteiger partial charge in [0.1, 0.15) is 11.6 Å². The smallest absolute Gasteiger partial charge is 0.228 e. The van der Waals surface area contributed by atoms with Crippen molar-refractivity contribution in [1.82, 2.24) is 19.9 Å². The molecular formula is C24H26Cl2FN7. The van der Waals surface area contributed by atoms with Crippen molar-refractivity contribution in [1.29, 1.82) is 0 Å². The molecule has 2 aliphatic rings. The maximum atomic E-state index is 13.8. The second-order valence-corrected chi connectivity index (χ2v) is 9.65. The summed E-state index contributed by atoms with van der Waals surface area (Å²) in [6, 6.07) is 7.20. The molecule has 0 saturated carbocycles. The van der Waals surface area contributed by atoms with E-state index in [4.69, 9.17) is 33.2 Å². The fourth-order valence-electron chi connectivity index (χ4n) is 4.75. The molecular weight excluding hydrogens is 476 g/mol. The summed E-state index contributed by atoms with van der Waals surface area (Å²) in [4.78, 5) is 25.1. The Balaban J connectivity index is 1.49. The minimum atomic E-state index is -0.444. The summed E-state index contributed by atoms with van der Waals surface area (Å²) >= 11 is 12.4. The Morgan fingerprint density at radius 1 is 0.941 bits per heavy atom. The van der Waals surface area contributed by atoms with Gasteiger partial charge in [-0.15, -0.1) is 0 Å². The number of hydrogen-bond donors (Lipinski definition) is 0. The van der Waals surface area contributed by atoms with E-state index < -0.39 is 5.82 Å². The Hall–Kier alpha value is -2.71. The van der Waals surface area contributed by atoms with Gasteiger partial charge in [-0.3, -0.25) is 0 Å². The molecule has 0 radical (unpaired) electrons. The van der Waals surface area contributed by atoms with E-state index in [1.807, 2.05) is 6.07 Å². The zero-order valence-corrected chi connectivity index (χ0v) is 20.6. The number of piperazine rings is 1. The summed E-state index contributed by atoms with van der Waals surface area (Å²) in [6.07, 6.45) is 5.47. The quantitative estimate of drug-likeness (QED) is 0.493. The van der Waals surface area contributed by atoms with E-state index in [1.54, 1.807) is 24.5 Å². The van der Waals surface area contributed by atoms with Crippen molar-refractivity contribution in [3.63, 3.8) is 0 Å². The van der Waals surface area contributed by atoms with Gasteiger partial charge in [-0.25, -0.2) is 19.3 Å². The predicted octanol–water partition coefficient (Wildman–Crippen LogP) is 5.08. The third kappa shape index (κ3) is 4.49. The van der Waals surface area contributed by atoms with Gasteiger partial charge < -0.3 is 14.7 Å². The highest BCUT2D eigenvalue weighted by molar-refractivity contribution is 6.31. The van der Waals surface area contributed by atoms with Crippen LogP contribution < -0.4 is 14.7 Å². The molecule has 2 atom stereocenters. The standard InChI is InChI=1S/C24H26Cl2FN7/c1-15-4-3-9-34(15)24-30-20(17-5-6-19(27)18(25)12-17)13-21(31-24)33-11-10-32(14-16(33)2)23-22(26)28-7-8-29-23/h5-8,12-13,15-16H,3-4,9-11,14H2,1-2H3/t15-,16-/m0/s1. The molecule has 0 bridgehead atoms. The van der Waals surface area contributed by atoms with Crippen molar-refractivity contribution in [2.75, 3.05) is 40.9 Å². The van der Waals surface area contributed by atoms with Crippen LogP contribution in [0.2, 0.25) is 10.2 Å². The number of aromatic nitrogens is 4. The van der Waals surface area contributed by atoms with Gasteiger partial charge in [0.2, 0.25) is 5.95 Å². The number of rotatable bonds is 4. The van der Waals surface area contributed by atoms with E-state index in [0.29, 0.717) is 23.0 Å². The first-order valence-electron chi connectivity index (χ1n) is 11.5. The maximum Gasteiger partial charge on any atom is 0.228 e. The normalized spacial score (nSPS) is 20.8. The number of nitrogens with zero attached hydrogens (tertiary/aromatic N) is 7. The molecule has 0 amide bonds. The molecule has 10 heteroatoms. The van der Waals surface area contributed by atoms with Crippen LogP contribution in [0.25, 0.3) is 11.3 Å². The number of benzene rings is 1. The van der Waals surface area contributed by atoms with Crippen LogP contribution in [0, 0.1) is 5.82 Å². The zero-order chi connectivity index (χ0) is 23.8. The van der Waals surface area contributed by atoms with Crippen LogP contribution in [0.15, 0.2) is 36.7 Å². The Morgan fingerprint density at radius 2 is 1.76 bits per heavy atom. The molecule has 2 aliphatic heterocycles. The van der Waals surface area contributed by atoms with E-state index in [2.05, 4.69) is 38.5 Å². The number of anilines is 3. The van der Waals surface area contributed by atoms with Gasteiger partial charge in [-0.1, -0.05) is 23.2 Å². The molecule has 7 nitrogen and oxygen atoms in total. The molecule has 0 aliphatic carbocycles. The lowest BCUT2D eigenvalue weighted by Crippen LogP contribution is -2.53. The minimum absolute atomic E-state index is 0.0802. The number of hydrogen-bond acceptors (Lipinski definition) is 7. The van der Waals surface area contributed by atoms with Gasteiger partial charge in [-0.05, 0) is 44.9 Å². The molecule has 5 rings (SSSR count). The van der Waals surface area contributed by atoms with E-state index in [1.165, 1.54) is 6.07 Å². The molecule has 0 unspecified atom stereocenters. The Labute approximate surface area is 208 Å². The highest BCUT2D eigenvalue weighted by Gasteiger charge is 2.29. The van der Waals surface area contributed by atoms with Crippen LogP contribution in [0.3, 0.4) is 0 Å². The second kappa shape index (κ2) is 9.50. The summed E-state index contributed by atoms with van der Waals surface area (Å²) in [7, 11) is 0. The third-order valence-electron chi connectivity index (χ3n) is 6.58. The highest BCUT2D eigenvalue weighted by Crippen LogP contribution is 2.32. The topological polar surface area (TPSA) is 61.3 Å². The number of halogens is 3. The maximum absolute atomic E-state index is 13.8. The predicted molar refractivity (Wildman–Crippen MR) is 135 cm³/mol. The van der Waals surface area contributed by atoms with Crippen molar-refractivity contribution in [3.05, 3.63) is 52.7 Å². The summed E-state index contributed by atoms with van der Waals surface area (Å²) in [5, 5.41) is 0.488. The zero-order valence-electron chi connectivity index (χ0n) is 19.1. The monoisotopic (exact) mass is 501 g/mol. The molecule has 0 N–H and O–H groups in total. The van der Waals surface area contributed by atoms with Crippen molar-refractivity contribution in [2.24, 2.45) is 0 Å². The minimum Gasteiger partial charge on any atom is -0.350 e. The Morgan fingerprint density at radius 3 is 2.47 bits per heavy atom. The van der Waals surface area contributed by atoms with Crippen molar-refractivity contribution < 1.29 is 4.39 Å². The first kappa shape index (κ1) is 23.1. The van der Waals surface area contributed by atoms with Crippen molar-refractivity contribution in [2.45, 2.75) is 38.8 Å². The molecule has 2 aromatic heterocycles. The molecule has 2 fully saturated rings. The largest absolute Gasteiger partial charge is 0.350 e. The summed E-state index contributed by atoms with van der Waals surface area (Å²) in [5.41, 5.74) is 1.49. The van der Waals surface area contributed by atoms with Crippen LogP contribution in [-0.4, -0.2) is 58.2 Å². The fourth-order valence-corrected chi connectivity index (χ4v) is 5.15. The third-order valence-corrected chi connectivity index (χ3v) is 7.14. The SMILES string of the molecule is C[C@H]1CN(c2nccnc2Cl)CCN1c1cc(-c2ccc(F)c(Cl)c2)nc(N2CCC[C@@H]2C)n1. The van der Waals surface area contributed by atoms with Crippen LogP contribution in [0.5, 0.6) is 0 Å². The average molecular weight is 502 g/mol. The van der Waals surface area contributed by atoms with Crippen LogP contribution in [-0.2, 0) is 0 Å². The Kier molecular flexibility index (Phi) is 6.44.